The summed E-state index contributed by atoms with van der Waals surface area (Å²) in [6, 6.07) is 5.31. The maximum Gasteiger partial charge on any atom is 0.407 e. The molecule has 8 heteroatoms. The summed E-state index contributed by atoms with van der Waals surface area (Å²) in [6.07, 6.45) is 3.26. The fourth-order valence-corrected chi connectivity index (χ4v) is 3.42. The molecule has 1 amide bonds. The van der Waals surface area contributed by atoms with Gasteiger partial charge >= 0.3 is 6.09 Å². The average molecular weight is 402 g/mol. The number of methoxy groups -OCH3 is 1. The van der Waals surface area contributed by atoms with Gasteiger partial charge in [0.1, 0.15) is 5.60 Å². The van der Waals surface area contributed by atoms with Gasteiger partial charge in [-0.05, 0) is 57.7 Å². The predicted octanol–water partition coefficient (Wildman–Crippen LogP) is 2.58. The number of carbonyl (C=O) groups excluding carboxylic acids is 1. The van der Waals surface area contributed by atoms with Crippen LogP contribution in [0.25, 0.3) is 11.0 Å². The summed E-state index contributed by atoms with van der Waals surface area (Å²) in [4.78, 5) is 21.4. The van der Waals surface area contributed by atoms with Crippen molar-refractivity contribution in [2.24, 2.45) is 5.73 Å². The Morgan fingerprint density at radius 2 is 2.14 bits per heavy atom. The van der Waals surface area contributed by atoms with Crippen molar-refractivity contribution in [3.8, 4) is 5.88 Å². The Bertz CT molecular complexity index is 844. The van der Waals surface area contributed by atoms with E-state index in [1.165, 1.54) is 0 Å². The summed E-state index contributed by atoms with van der Waals surface area (Å²) in [5.74, 6) is 0.517. The van der Waals surface area contributed by atoms with Crippen molar-refractivity contribution in [1.29, 1.82) is 0 Å². The van der Waals surface area contributed by atoms with E-state index in [1.807, 2.05) is 32.9 Å². The van der Waals surface area contributed by atoms with Crippen molar-refractivity contribution < 1.29 is 19.0 Å². The number of carbonyl (C=O) groups is 1. The molecule has 3 rings (SSSR count). The van der Waals surface area contributed by atoms with E-state index in [1.54, 1.807) is 19.4 Å². The lowest BCUT2D eigenvalue weighted by molar-refractivity contribution is -0.0203. The monoisotopic (exact) mass is 402 g/mol. The van der Waals surface area contributed by atoms with Crippen LogP contribution in [0.4, 0.5) is 4.79 Å². The number of alkyl carbamates (subject to hydrolysis) is 1. The van der Waals surface area contributed by atoms with Gasteiger partial charge in [-0.3, -0.25) is 4.98 Å². The molecule has 1 saturated heterocycles. The van der Waals surface area contributed by atoms with Crippen LogP contribution in [0.15, 0.2) is 24.4 Å². The van der Waals surface area contributed by atoms with E-state index in [2.05, 4.69) is 15.3 Å². The molecule has 1 fully saturated rings. The van der Waals surface area contributed by atoms with Gasteiger partial charge in [-0.2, -0.15) is 0 Å². The lowest BCUT2D eigenvalue weighted by Gasteiger charge is -2.34. The third-order valence-corrected chi connectivity index (χ3v) is 4.79. The summed E-state index contributed by atoms with van der Waals surface area (Å²) in [5.41, 5.74) is 7.86. The highest BCUT2D eigenvalue weighted by Crippen LogP contribution is 2.23. The van der Waals surface area contributed by atoms with Crippen LogP contribution in [0.2, 0.25) is 0 Å². The van der Waals surface area contributed by atoms with Crippen LogP contribution in [-0.2, 0) is 15.9 Å². The zero-order valence-electron chi connectivity index (χ0n) is 17.5. The second-order valence-electron chi connectivity index (χ2n) is 8.36. The lowest BCUT2D eigenvalue weighted by Crippen LogP contribution is -2.50. The largest absolute Gasteiger partial charge is 0.481 e. The van der Waals surface area contributed by atoms with E-state index in [9.17, 15) is 4.79 Å². The molecule has 3 N–H and O–H groups in total. The molecule has 2 aromatic heterocycles. The molecule has 1 aliphatic heterocycles. The molecule has 0 aliphatic carbocycles. The van der Waals surface area contributed by atoms with E-state index in [4.69, 9.17) is 19.9 Å². The molecule has 29 heavy (non-hydrogen) atoms. The SMILES string of the molecule is COc1ccc2nccc(CC(NC(=O)OC(C)(C)C)C3CCC(N)CO3)c2n1. The fraction of sp³-hybridized carbons (Fsp3) is 0.571. The van der Waals surface area contributed by atoms with Crippen LogP contribution in [-0.4, -0.2) is 53.6 Å². The molecule has 1 aliphatic rings. The van der Waals surface area contributed by atoms with E-state index in [0.29, 0.717) is 18.9 Å². The highest BCUT2D eigenvalue weighted by molar-refractivity contribution is 5.78. The third kappa shape index (κ3) is 5.77. The number of nitrogens with two attached hydrogens (primary N) is 1. The van der Waals surface area contributed by atoms with Crippen LogP contribution >= 0.6 is 0 Å². The molecule has 8 nitrogen and oxygen atoms in total. The zero-order chi connectivity index (χ0) is 21.0. The predicted molar refractivity (Wildman–Crippen MR) is 110 cm³/mol. The highest BCUT2D eigenvalue weighted by Gasteiger charge is 2.30. The Labute approximate surface area is 171 Å². The van der Waals surface area contributed by atoms with Gasteiger partial charge in [0.25, 0.3) is 0 Å². The maximum atomic E-state index is 12.5. The lowest BCUT2D eigenvalue weighted by atomic mass is 9.94. The molecule has 0 radical (unpaired) electrons. The van der Waals surface area contributed by atoms with Gasteiger partial charge in [0.15, 0.2) is 0 Å². The molecule has 0 saturated carbocycles. The van der Waals surface area contributed by atoms with Gasteiger partial charge in [-0.1, -0.05) is 0 Å². The Hall–Kier alpha value is -2.45. The number of rotatable bonds is 5. The van der Waals surface area contributed by atoms with Gasteiger partial charge < -0.3 is 25.3 Å². The maximum absolute atomic E-state index is 12.5. The molecule has 3 heterocycles. The topological polar surface area (TPSA) is 109 Å². The van der Waals surface area contributed by atoms with Crippen LogP contribution in [0.5, 0.6) is 5.88 Å². The van der Waals surface area contributed by atoms with Crippen LogP contribution in [0.3, 0.4) is 0 Å². The number of amides is 1. The fourth-order valence-electron chi connectivity index (χ4n) is 3.42. The van der Waals surface area contributed by atoms with Gasteiger partial charge in [0.2, 0.25) is 5.88 Å². The Balaban J connectivity index is 1.86. The van der Waals surface area contributed by atoms with Crippen molar-refractivity contribution in [2.45, 2.75) is 63.8 Å². The molecule has 3 atom stereocenters. The number of ether oxygens (including phenoxy) is 3. The minimum atomic E-state index is -0.581. The molecule has 3 unspecified atom stereocenters. The van der Waals surface area contributed by atoms with Crippen molar-refractivity contribution >= 4 is 17.1 Å². The van der Waals surface area contributed by atoms with Gasteiger partial charge in [-0.25, -0.2) is 9.78 Å². The summed E-state index contributed by atoms with van der Waals surface area (Å²) >= 11 is 0. The Morgan fingerprint density at radius 3 is 2.79 bits per heavy atom. The summed E-state index contributed by atoms with van der Waals surface area (Å²) < 4.78 is 16.7. The number of hydrogen-bond donors (Lipinski definition) is 2. The van der Waals surface area contributed by atoms with E-state index >= 15 is 0 Å². The molecule has 2 aromatic rings. The molecule has 158 valence electrons. The number of hydrogen-bond acceptors (Lipinski definition) is 7. The quantitative estimate of drug-likeness (QED) is 0.791. The van der Waals surface area contributed by atoms with Crippen LogP contribution in [0, 0.1) is 0 Å². The number of pyridine rings is 2. The minimum Gasteiger partial charge on any atom is -0.481 e. The number of fused-ring (bicyclic) bond motifs is 1. The van der Waals surface area contributed by atoms with Crippen molar-refractivity contribution in [1.82, 2.24) is 15.3 Å². The van der Waals surface area contributed by atoms with E-state index in [0.717, 1.165) is 29.4 Å². The van der Waals surface area contributed by atoms with Crippen molar-refractivity contribution in [2.75, 3.05) is 13.7 Å². The Morgan fingerprint density at radius 1 is 1.34 bits per heavy atom. The number of nitrogens with one attached hydrogen (secondary N) is 1. The van der Waals surface area contributed by atoms with Crippen LogP contribution < -0.4 is 15.8 Å². The number of aromatic nitrogens is 2. The molecular weight excluding hydrogens is 372 g/mol. The van der Waals surface area contributed by atoms with Crippen molar-refractivity contribution in [3.63, 3.8) is 0 Å². The minimum absolute atomic E-state index is 0.0288. The molecular formula is C21H30N4O4. The zero-order valence-corrected chi connectivity index (χ0v) is 17.5. The van der Waals surface area contributed by atoms with E-state index < -0.39 is 11.7 Å². The summed E-state index contributed by atoms with van der Waals surface area (Å²) in [6.45, 7) is 5.99. The van der Waals surface area contributed by atoms with Gasteiger partial charge in [0.05, 0.1) is 36.9 Å². The van der Waals surface area contributed by atoms with E-state index in [-0.39, 0.29) is 18.2 Å². The first kappa shape index (κ1) is 21.3. The second kappa shape index (κ2) is 8.92. The summed E-state index contributed by atoms with van der Waals surface area (Å²) in [5, 5.41) is 2.99. The smallest absolute Gasteiger partial charge is 0.407 e. The Kier molecular flexibility index (Phi) is 6.54. The first-order valence-electron chi connectivity index (χ1n) is 9.90. The second-order valence-corrected chi connectivity index (χ2v) is 8.36. The first-order chi connectivity index (χ1) is 13.7. The highest BCUT2D eigenvalue weighted by atomic mass is 16.6. The molecule has 0 spiro atoms. The van der Waals surface area contributed by atoms with Gasteiger partial charge in [0, 0.05) is 18.3 Å². The van der Waals surface area contributed by atoms with Gasteiger partial charge in [-0.15, -0.1) is 0 Å². The molecule has 0 aromatic carbocycles. The standard InChI is InChI=1S/C21H30N4O4/c1-21(2,3)29-20(26)24-16(17-7-5-14(22)12-28-17)11-13-9-10-23-15-6-8-18(27-4)25-19(13)15/h6,8-10,14,16-17H,5,7,11-12,22H2,1-4H3,(H,24,26). The average Bonchev–Trinajstić information content (AvgIpc) is 2.66. The number of nitrogens with zero attached hydrogens (tertiary/aromatic N) is 2. The van der Waals surface area contributed by atoms with Crippen LogP contribution in [0.1, 0.15) is 39.2 Å². The normalized spacial score (nSPS) is 20.9. The first-order valence-corrected chi connectivity index (χ1v) is 9.90. The summed E-state index contributed by atoms with van der Waals surface area (Å²) in [7, 11) is 1.58. The molecule has 0 bridgehead atoms. The third-order valence-electron chi connectivity index (χ3n) is 4.79. The van der Waals surface area contributed by atoms with Crippen molar-refractivity contribution in [3.05, 3.63) is 30.0 Å².